The Morgan fingerprint density at radius 2 is 2.05 bits per heavy atom. The van der Waals surface area contributed by atoms with E-state index in [4.69, 9.17) is 5.73 Å². The van der Waals surface area contributed by atoms with Crippen molar-refractivity contribution in [3.63, 3.8) is 0 Å². The third kappa shape index (κ3) is 3.22. The molecule has 1 aliphatic carbocycles. The van der Waals surface area contributed by atoms with Gasteiger partial charge in [0, 0.05) is 18.0 Å². The van der Waals surface area contributed by atoms with Crippen LogP contribution >= 0.6 is 0 Å². The van der Waals surface area contributed by atoms with E-state index in [2.05, 4.69) is 36.1 Å². The van der Waals surface area contributed by atoms with Gasteiger partial charge in [0.1, 0.15) is 17.5 Å². The van der Waals surface area contributed by atoms with Crippen LogP contribution in [0.25, 0.3) is 0 Å². The number of rotatable bonds is 4. The first-order chi connectivity index (χ1) is 9.44. The summed E-state index contributed by atoms with van der Waals surface area (Å²) in [6.07, 6.45) is 7.02. The summed E-state index contributed by atoms with van der Waals surface area (Å²) in [5.74, 6) is 2.40. The van der Waals surface area contributed by atoms with E-state index >= 15 is 0 Å². The first-order valence-electron chi connectivity index (χ1n) is 7.83. The smallest absolute Gasteiger partial charge is 0.135 e. The van der Waals surface area contributed by atoms with E-state index in [-0.39, 0.29) is 0 Å². The molecule has 1 atom stereocenters. The predicted octanol–water partition coefficient (Wildman–Crippen LogP) is 3.70. The summed E-state index contributed by atoms with van der Waals surface area (Å²) >= 11 is 0. The maximum absolute atomic E-state index is 6.03. The summed E-state index contributed by atoms with van der Waals surface area (Å²) in [6.45, 7) is 8.83. The molecule has 3 N–H and O–H groups in total. The zero-order chi connectivity index (χ0) is 14.8. The molecule has 4 heteroatoms. The number of nitrogen functional groups attached to an aromatic ring is 1. The Morgan fingerprint density at radius 3 is 2.70 bits per heavy atom. The first kappa shape index (κ1) is 15.1. The van der Waals surface area contributed by atoms with Crippen molar-refractivity contribution >= 4 is 11.6 Å². The van der Waals surface area contributed by atoms with Gasteiger partial charge in [0.15, 0.2) is 0 Å². The first-order valence-corrected chi connectivity index (χ1v) is 7.83. The van der Waals surface area contributed by atoms with Crippen LogP contribution in [0, 0.1) is 12.3 Å². The maximum atomic E-state index is 6.03. The van der Waals surface area contributed by atoms with E-state index < -0.39 is 0 Å². The Bertz CT molecular complexity index is 468. The number of hydrogen-bond donors (Lipinski definition) is 2. The average molecular weight is 276 g/mol. The molecule has 1 heterocycles. The van der Waals surface area contributed by atoms with Crippen molar-refractivity contribution in [1.29, 1.82) is 0 Å². The minimum Gasteiger partial charge on any atom is -0.383 e. The lowest BCUT2D eigenvalue weighted by Gasteiger charge is -2.39. The fraction of sp³-hybridized carbons (Fsp3) is 0.750. The number of anilines is 2. The molecule has 0 spiro atoms. The molecule has 0 amide bonds. The topological polar surface area (TPSA) is 63.8 Å². The van der Waals surface area contributed by atoms with Crippen LogP contribution in [-0.4, -0.2) is 16.0 Å². The van der Waals surface area contributed by atoms with Crippen molar-refractivity contribution in [3.05, 3.63) is 11.4 Å². The van der Waals surface area contributed by atoms with E-state index in [0.29, 0.717) is 17.3 Å². The SMILES string of the molecule is CCCc1nc(N)c(C)c(NC2CCCCC2(C)C)n1. The Labute approximate surface area is 122 Å². The van der Waals surface area contributed by atoms with Gasteiger partial charge in [-0.25, -0.2) is 9.97 Å². The number of nitrogens with one attached hydrogen (secondary N) is 1. The lowest BCUT2D eigenvalue weighted by molar-refractivity contribution is 0.216. The van der Waals surface area contributed by atoms with Gasteiger partial charge in [-0.2, -0.15) is 0 Å². The van der Waals surface area contributed by atoms with Gasteiger partial charge in [-0.1, -0.05) is 33.6 Å². The zero-order valence-electron chi connectivity index (χ0n) is 13.3. The van der Waals surface area contributed by atoms with E-state index in [9.17, 15) is 0 Å². The van der Waals surface area contributed by atoms with Crippen LogP contribution in [0.3, 0.4) is 0 Å². The van der Waals surface area contributed by atoms with E-state index in [0.717, 1.165) is 30.0 Å². The highest BCUT2D eigenvalue weighted by atomic mass is 15.1. The summed E-state index contributed by atoms with van der Waals surface area (Å²) in [7, 11) is 0. The fourth-order valence-electron chi connectivity index (χ4n) is 2.98. The van der Waals surface area contributed by atoms with Crippen LogP contribution in [0.1, 0.15) is 64.3 Å². The van der Waals surface area contributed by atoms with Gasteiger partial charge in [0.25, 0.3) is 0 Å². The normalized spacial score (nSPS) is 21.7. The number of aromatic nitrogens is 2. The molecule has 0 aromatic carbocycles. The number of hydrogen-bond acceptors (Lipinski definition) is 4. The van der Waals surface area contributed by atoms with Gasteiger partial charge < -0.3 is 11.1 Å². The van der Waals surface area contributed by atoms with Gasteiger partial charge in [-0.05, 0) is 31.6 Å². The van der Waals surface area contributed by atoms with Crippen LogP contribution in [-0.2, 0) is 6.42 Å². The van der Waals surface area contributed by atoms with Crippen molar-refractivity contribution in [3.8, 4) is 0 Å². The third-order valence-electron chi connectivity index (χ3n) is 4.52. The summed E-state index contributed by atoms with van der Waals surface area (Å²) in [6, 6.07) is 0.471. The largest absolute Gasteiger partial charge is 0.383 e. The van der Waals surface area contributed by atoms with Gasteiger partial charge in [-0.15, -0.1) is 0 Å². The minimum absolute atomic E-state index is 0.315. The molecule has 112 valence electrons. The lowest BCUT2D eigenvalue weighted by Crippen LogP contribution is -2.39. The molecule has 1 aliphatic rings. The zero-order valence-corrected chi connectivity index (χ0v) is 13.3. The molecule has 1 aromatic rings. The van der Waals surface area contributed by atoms with Gasteiger partial charge in [0.2, 0.25) is 0 Å². The minimum atomic E-state index is 0.315. The van der Waals surface area contributed by atoms with Crippen LogP contribution < -0.4 is 11.1 Å². The highest BCUT2D eigenvalue weighted by molar-refractivity contribution is 5.55. The average Bonchev–Trinajstić information content (AvgIpc) is 2.38. The van der Waals surface area contributed by atoms with Crippen molar-refractivity contribution in [1.82, 2.24) is 9.97 Å². The second-order valence-electron chi connectivity index (χ2n) is 6.68. The highest BCUT2D eigenvalue weighted by Crippen LogP contribution is 2.37. The van der Waals surface area contributed by atoms with Gasteiger partial charge in [0.05, 0.1) is 0 Å². The fourth-order valence-corrected chi connectivity index (χ4v) is 2.98. The molecule has 0 radical (unpaired) electrons. The number of nitrogens with two attached hydrogens (primary N) is 1. The molecule has 1 aromatic heterocycles. The highest BCUT2D eigenvalue weighted by Gasteiger charge is 2.32. The third-order valence-corrected chi connectivity index (χ3v) is 4.52. The van der Waals surface area contributed by atoms with Crippen LogP contribution in [0.15, 0.2) is 0 Å². The molecule has 2 rings (SSSR count). The van der Waals surface area contributed by atoms with Crippen molar-refractivity contribution in [2.24, 2.45) is 5.41 Å². The number of nitrogens with zero attached hydrogens (tertiary/aromatic N) is 2. The van der Waals surface area contributed by atoms with E-state index in [1.54, 1.807) is 0 Å². The molecule has 4 nitrogen and oxygen atoms in total. The maximum Gasteiger partial charge on any atom is 0.135 e. The quantitative estimate of drug-likeness (QED) is 0.880. The van der Waals surface area contributed by atoms with E-state index in [1.807, 2.05) is 6.92 Å². The van der Waals surface area contributed by atoms with Crippen LogP contribution in [0.4, 0.5) is 11.6 Å². The molecule has 0 saturated heterocycles. The molecule has 0 bridgehead atoms. The van der Waals surface area contributed by atoms with Crippen LogP contribution in [0.2, 0.25) is 0 Å². The summed E-state index contributed by atoms with van der Waals surface area (Å²) in [4.78, 5) is 9.06. The van der Waals surface area contributed by atoms with Crippen molar-refractivity contribution < 1.29 is 0 Å². The van der Waals surface area contributed by atoms with E-state index in [1.165, 1.54) is 25.7 Å². The molecule has 1 fully saturated rings. The number of aryl methyl sites for hydroxylation is 1. The molecule has 0 aliphatic heterocycles. The van der Waals surface area contributed by atoms with Crippen molar-refractivity contribution in [2.75, 3.05) is 11.1 Å². The van der Waals surface area contributed by atoms with Gasteiger partial charge in [-0.3, -0.25) is 0 Å². The Hall–Kier alpha value is -1.32. The Balaban J connectivity index is 2.23. The van der Waals surface area contributed by atoms with Crippen molar-refractivity contribution in [2.45, 2.75) is 72.3 Å². The summed E-state index contributed by atoms with van der Waals surface area (Å²) < 4.78 is 0. The Morgan fingerprint density at radius 1 is 1.30 bits per heavy atom. The summed E-state index contributed by atoms with van der Waals surface area (Å²) in [5, 5.41) is 3.65. The lowest BCUT2D eigenvalue weighted by atomic mass is 9.73. The molecule has 1 unspecified atom stereocenters. The molecular formula is C16H28N4. The molecular weight excluding hydrogens is 248 g/mol. The summed E-state index contributed by atoms with van der Waals surface area (Å²) in [5.41, 5.74) is 7.33. The van der Waals surface area contributed by atoms with Crippen LogP contribution in [0.5, 0.6) is 0 Å². The second-order valence-corrected chi connectivity index (χ2v) is 6.68. The molecule has 1 saturated carbocycles. The van der Waals surface area contributed by atoms with Gasteiger partial charge >= 0.3 is 0 Å². The molecule has 20 heavy (non-hydrogen) atoms. The second kappa shape index (κ2) is 5.98. The Kier molecular flexibility index (Phi) is 4.51. The standard InChI is InChI=1S/C16H28N4/c1-5-8-13-19-14(17)11(2)15(20-13)18-12-9-6-7-10-16(12,3)4/h12H,5-10H2,1-4H3,(H3,17,18,19,20). The predicted molar refractivity (Wildman–Crippen MR) is 84.8 cm³/mol. The monoisotopic (exact) mass is 276 g/mol.